The van der Waals surface area contributed by atoms with Gasteiger partial charge >= 0.3 is 6.09 Å². The number of alkyl carbamates (subject to hydrolysis) is 1. The molecule has 0 aromatic heterocycles. The molecule has 0 aliphatic heterocycles. The van der Waals surface area contributed by atoms with Crippen LogP contribution < -0.4 is 5.32 Å². The Balaban J connectivity index is 2.35. The van der Waals surface area contributed by atoms with Gasteiger partial charge in [0.2, 0.25) is 0 Å². The van der Waals surface area contributed by atoms with E-state index in [0.717, 1.165) is 0 Å². The molecule has 0 radical (unpaired) electrons. The molecule has 0 heterocycles. The van der Waals surface area contributed by atoms with E-state index >= 15 is 0 Å². The van der Waals surface area contributed by atoms with Crippen molar-refractivity contribution in [3.8, 4) is 0 Å². The molecular weight excluding hydrogens is 185 g/mol. The summed E-state index contributed by atoms with van der Waals surface area (Å²) >= 11 is 0. The highest BCUT2D eigenvalue weighted by Crippen LogP contribution is 2.34. The van der Waals surface area contributed by atoms with Crippen molar-refractivity contribution in [2.75, 3.05) is 0 Å². The average Bonchev–Trinajstić information content (AvgIpc) is 1.76. The van der Waals surface area contributed by atoms with E-state index in [0.29, 0.717) is 12.8 Å². The zero-order chi connectivity index (χ0) is 11.0. The van der Waals surface area contributed by atoms with Gasteiger partial charge in [-0.15, -0.1) is 0 Å². The second kappa shape index (κ2) is 3.41. The molecule has 1 aliphatic carbocycles. The molecule has 82 valence electrons. The van der Waals surface area contributed by atoms with Gasteiger partial charge in [0.25, 0.3) is 0 Å². The number of carbonyl (C=O) groups excluding carboxylic acids is 1. The highest BCUT2D eigenvalue weighted by atomic mass is 19.1. The summed E-state index contributed by atoms with van der Waals surface area (Å²) in [4.78, 5) is 11.3. The lowest BCUT2D eigenvalue weighted by molar-refractivity contribution is 0.0269. The van der Waals surface area contributed by atoms with Crippen LogP contribution in [0.1, 0.15) is 40.5 Å². The number of halogens is 1. The summed E-state index contributed by atoms with van der Waals surface area (Å²) in [5.41, 5.74) is -0.916. The van der Waals surface area contributed by atoms with E-state index in [4.69, 9.17) is 4.74 Å². The Bertz CT molecular complexity index is 229. The molecule has 1 rings (SSSR count). The summed E-state index contributed by atoms with van der Waals surface area (Å²) < 4.78 is 17.7. The summed E-state index contributed by atoms with van der Waals surface area (Å²) in [6.45, 7) is 7.22. The molecule has 0 unspecified atom stereocenters. The minimum Gasteiger partial charge on any atom is -0.444 e. The summed E-state index contributed by atoms with van der Waals surface area (Å²) in [5.74, 6) is 0. The molecule has 14 heavy (non-hydrogen) atoms. The molecule has 4 heteroatoms. The van der Waals surface area contributed by atoms with Gasteiger partial charge in [-0.1, -0.05) is 0 Å². The number of rotatable bonds is 1. The standard InChI is InChI=1S/C10H18FNO2/c1-9(2,3)14-8(13)12-10(4)5-7(11)6-10/h7H,5-6H2,1-4H3,(H,12,13). The molecule has 0 saturated heterocycles. The molecule has 3 nitrogen and oxygen atoms in total. The van der Waals surface area contributed by atoms with E-state index in [1.54, 1.807) is 20.8 Å². The summed E-state index contributed by atoms with van der Waals surface area (Å²) in [7, 11) is 0. The fourth-order valence-electron chi connectivity index (χ4n) is 1.57. The Labute approximate surface area is 84.0 Å². The third-order valence-electron chi connectivity index (χ3n) is 2.15. The van der Waals surface area contributed by atoms with Crippen molar-refractivity contribution in [2.24, 2.45) is 0 Å². The maximum Gasteiger partial charge on any atom is 0.408 e. The summed E-state index contributed by atoms with van der Waals surface area (Å²) in [5, 5.41) is 2.68. The number of hydrogen-bond donors (Lipinski definition) is 1. The highest BCUT2D eigenvalue weighted by molar-refractivity contribution is 5.69. The van der Waals surface area contributed by atoms with Crippen molar-refractivity contribution in [3.63, 3.8) is 0 Å². The van der Waals surface area contributed by atoms with Crippen LogP contribution >= 0.6 is 0 Å². The first-order valence-corrected chi connectivity index (χ1v) is 4.85. The second-order valence-electron chi connectivity index (χ2n) is 5.19. The van der Waals surface area contributed by atoms with Crippen LogP contribution in [0, 0.1) is 0 Å². The van der Waals surface area contributed by atoms with Crippen LogP contribution in [0.4, 0.5) is 9.18 Å². The molecule has 1 fully saturated rings. The number of alkyl halides is 1. The van der Waals surface area contributed by atoms with Gasteiger partial charge < -0.3 is 10.1 Å². The van der Waals surface area contributed by atoms with E-state index in [-0.39, 0.29) is 0 Å². The molecule has 0 bridgehead atoms. The van der Waals surface area contributed by atoms with Crippen LogP contribution in [-0.4, -0.2) is 23.4 Å². The molecule has 0 atom stereocenters. The Morgan fingerprint density at radius 1 is 1.50 bits per heavy atom. The first-order chi connectivity index (χ1) is 6.20. The minimum atomic E-state index is -0.782. The molecule has 1 N–H and O–H groups in total. The second-order valence-corrected chi connectivity index (χ2v) is 5.19. The van der Waals surface area contributed by atoms with Crippen LogP contribution in [-0.2, 0) is 4.74 Å². The predicted molar refractivity (Wildman–Crippen MR) is 51.9 cm³/mol. The number of amides is 1. The van der Waals surface area contributed by atoms with E-state index in [1.165, 1.54) is 0 Å². The highest BCUT2D eigenvalue weighted by Gasteiger charge is 2.42. The lowest BCUT2D eigenvalue weighted by Crippen LogP contribution is -2.56. The lowest BCUT2D eigenvalue weighted by atomic mass is 9.77. The SMILES string of the molecule is CC1(NC(=O)OC(C)(C)C)CC(F)C1. The van der Waals surface area contributed by atoms with Gasteiger partial charge in [-0.2, -0.15) is 0 Å². The van der Waals surface area contributed by atoms with Crippen molar-refractivity contribution in [1.29, 1.82) is 0 Å². The topological polar surface area (TPSA) is 38.3 Å². The van der Waals surface area contributed by atoms with Gasteiger partial charge in [0.05, 0.1) is 0 Å². The van der Waals surface area contributed by atoms with E-state index in [9.17, 15) is 9.18 Å². The van der Waals surface area contributed by atoms with Gasteiger partial charge in [0, 0.05) is 18.4 Å². The van der Waals surface area contributed by atoms with Crippen LogP contribution in [0.5, 0.6) is 0 Å². The smallest absolute Gasteiger partial charge is 0.408 e. The summed E-state index contributed by atoms with van der Waals surface area (Å²) in [6.07, 6.45) is -0.486. The largest absolute Gasteiger partial charge is 0.444 e. The van der Waals surface area contributed by atoms with Crippen LogP contribution in [0.2, 0.25) is 0 Å². The van der Waals surface area contributed by atoms with Gasteiger partial charge in [-0.25, -0.2) is 9.18 Å². The molecule has 1 aliphatic rings. The van der Waals surface area contributed by atoms with Crippen LogP contribution in [0.3, 0.4) is 0 Å². The van der Waals surface area contributed by atoms with E-state index in [1.807, 2.05) is 6.92 Å². The number of hydrogen-bond acceptors (Lipinski definition) is 2. The average molecular weight is 203 g/mol. The zero-order valence-corrected chi connectivity index (χ0v) is 9.19. The Morgan fingerprint density at radius 3 is 2.36 bits per heavy atom. The molecule has 1 saturated carbocycles. The van der Waals surface area contributed by atoms with Crippen molar-refractivity contribution in [3.05, 3.63) is 0 Å². The maximum absolute atomic E-state index is 12.6. The first kappa shape index (κ1) is 11.3. The minimum absolute atomic E-state index is 0.381. The zero-order valence-electron chi connectivity index (χ0n) is 9.19. The third kappa shape index (κ3) is 3.16. The summed E-state index contributed by atoms with van der Waals surface area (Å²) in [6, 6.07) is 0. The van der Waals surface area contributed by atoms with Crippen molar-refractivity contribution in [1.82, 2.24) is 5.32 Å². The predicted octanol–water partition coefficient (Wildman–Crippen LogP) is 2.40. The Morgan fingerprint density at radius 2 is 2.00 bits per heavy atom. The van der Waals surface area contributed by atoms with Gasteiger partial charge in [-0.3, -0.25) is 0 Å². The van der Waals surface area contributed by atoms with Crippen LogP contribution in [0.25, 0.3) is 0 Å². The van der Waals surface area contributed by atoms with Gasteiger partial charge in [-0.05, 0) is 27.7 Å². The molecular formula is C10H18FNO2. The number of ether oxygens (including phenoxy) is 1. The van der Waals surface area contributed by atoms with Crippen molar-refractivity contribution < 1.29 is 13.9 Å². The Hall–Kier alpha value is -0.800. The fraction of sp³-hybridized carbons (Fsp3) is 0.900. The fourth-order valence-corrected chi connectivity index (χ4v) is 1.57. The van der Waals surface area contributed by atoms with Crippen molar-refractivity contribution in [2.45, 2.75) is 57.8 Å². The molecule has 1 amide bonds. The lowest BCUT2D eigenvalue weighted by Gasteiger charge is -2.41. The monoisotopic (exact) mass is 203 g/mol. The molecule has 0 aromatic rings. The van der Waals surface area contributed by atoms with Crippen LogP contribution in [0.15, 0.2) is 0 Å². The van der Waals surface area contributed by atoms with E-state index in [2.05, 4.69) is 5.32 Å². The van der Waals surface area contributed by atoms with Crippen molar-refractivity contribution >= 4 is 6.09 Å². The van der Waals surface area contributed by atoms with Gasteiger partial charge in [0.1, 0.15) is 11.8 Å². The molecule has 0 spiro atoms. The molecule has 0 aromatic carbocycles. The maximum atomic E-state index is 12.6. The normalized spacial score (nSPS) is 31.9. The quantitative estimate of drug-likeness (QED) is 0.710. The first-order valence-electron chi connectivity index (χ1n) is 4.85. The van der Waals surface area contributed by atoms with E-state index < -0.39 is 23.4 Å². The third-order valence-corrected chi connectivity index (χ3v) is 2.15. The number of carbonyl (C=O) groups is 1. The van der Waals surface area contributed by atoms with Gasteiger partial charge in [0.15, 0.2) is 0 Å². The Kier molecular flexibility index (Phi) is 2.74. The number of nitrogens with one attached hydrogen (secondary N) is 1.